The normalized spacial score (nSPS) is 19.6. The minimum Gasteiger partial charge on any atom is -0.330 e. The standard InChI is InChI=1S/C15H23ClN2/c1-12(13-5-3-6-14(16)9-13)18(2)11-15(10-17)7-4-8-15/h3,5-6,9,12H,4,7-8,10-11,17H2,1-2H3. The smallest absolute Gasteiger partial charge is 0.0409 e. The summed E-state index contributed by atoms with van der Waals surface area (Å²) in [6.45, 7) is 4.12. The predicted octanol–water partition coefficient (Wildman–Crippen LogP) is 3.46. The van der Waals surface area contributed by atoms with E-state index in [-0.39, 0.29) is 0 Å². The third-order valence-electron chi connectivity index (χ3n) is 4.42. The topological polar surface area (TPSA) is 29.3 Å². The maximum Gasteiger partial charge on any atom is 0.0409 e. The van der Waals surface area contributed by atoms with Crippen molar-refractivity contribution >= 4 is 11.6 Å². The van der Waals surface area contributed by atoms with Crippen molar-refractivity contribution < 1.29 is 0 Å². The molecule has 1 aliphatic rings. The highest BCUT2D eigenvalue weighted by molar-refractivity contribution is 6.30. The molecule has 0 saturated heterocycles. The van der Waals surface area contributed by atoms with Crippen LogP contribution in [0.25, 0.3) is 0 Å². The minimum absolute atomic E-state index is 0.363. The fourth-order valence-electron chi connectivity index (χ4n) is 2.79. The van der Waals surface area contributed by atoms with Gasteiger partial charge >= 0.3 is 0 Å². The van der Waals surface area contributed by atoms with Crippen molar-refractivity contribution in [3.05, 3.63) is 34.9 Å². The summed E-state index contributed by atoms with van der Waals surface area (Å²) in [4.78, 5) is 2.40. The van der Waals surface area contributed by atoms with Gasteiger partial charge in [-0.15, -0.1) is 0 Å². The molecule has 0 spiro atoms. The highest BCUT2D eigenvalue weighted by Crippen LogP contribution is 2.41. The molecular formula is C15H23ClN2. The zero-order valence-corrected chi connectivity index (χ0v) is 12.1. The molecule has 2 nitrogen and oxygen atoms in total. The van der Waals surface area contributed by atoms with E-state index in [9.17, 15) is 0 Å². The zero-order chi connectivity index (χ0) is 13.2. The van der Waals surface area contributed by atoms with E-state index in [1.165, 1.54) is 24.8 Å². The Morgan fingerprint density at radius 2 is 2.17 bits per heavy atom. The van der Waals surface area contributed by atoms with Gasteiger partial charge in [-0.25, -0.2) is 0 Å². The molecule has 0 aromatic heterocycles. The van der Waals surface area contributed by atoms with Crippen LogP contribution in [-0.4, -0.2) is 25.0 Å². The van der Waals surface area contributed by atoms with Crippen LogP contribution in [-0.2, 0) is 0 Å². The fraction of sp³-hybridized carbons (Fsp3) is 0.600. The molecule has 0 bridgehead atoms. The molecule has 1 aliphatic carbocycles. The molecule has 2 rings (SSSR count). The maximum absolute atomic E-state index is 6.05. The number of nitrogens with two attached hydrogens (primary N) is 1. The van der Waals surface area contributed by atoms with E-state index in [2.05, 4.69) is 31.0 Å². The van der Waals surface area contributed by atoms with Crippen molar-refractivity contribution in [3.63, 3.8) is 0 Å². The third-order valence-corrected chi connectivity index (χ3v) is 4.66. The fourth-order valence-corrected chi connectivity index (χ4v) is 2.99. The van der Waals surface area contributed by atoms with Crippen LogP contribution in [0.15, 0.2) is 24.3 Å². The van der Waals surface area contributed by atoms with Crippen LogP contribution < -0.4 is 5.73 Å². The largest absolute Gasteiger partial charge is 0.330 e. The van der Waals surface area contributed by atoms with Gasteiger partial charge in [0.2, 0.25) is 0 Å². The first-order chi connectivity index (χ1) is 8.56. The summed E-state index contributed by atoms with van der Waals surface area (Å²) in [6.07, 6.45) is 3.88. The van der Waals surface area contributed by atoms with Crippen LogP contribution in [0.2, 0.25) is 5.02 Å². The van der Waals surface area contributed by atoms with E-state index in [0.29, 0.717) is 11.5 Å². The van der Waals surface area contributed by atoms with Crippen LogP contribution in [0.1, 0.15) is 37.8 Å². The Hall–Kier alpha value is -0.570. The van der Waals surface area contributed by atoms with Gasteiger partial charge in [-0.05, 0) is 56.5 Å². The van der Waals surface area contributed by atoms with E-state index in [1.54, 1.807) is 0 Å². The summed E-state index contributed by atoms with van der Waals surface area (Å²) in [5.41, 5.74) is 7.57. The second-order valence-corrected chi connectivity index (χ2v) is 6.14. The number of benzene rings is 1. The molecule has 18 heavy (non-hydrogen) atoms. The van der Waals surface area contributed by atoms with E-state index in [1.807, 2.05) is 12.1 Å². The minimum atomic E-state index is 0.363. The van der Waals surface area contributed by atoms with Gasteiger partial charge in [0.05, 0.1) is 0 Å². The maximum atomic E-state index is 6.05. The van der Waals surface area contributed by atoms with Gasteiger partial charge < -0.3 is 5.73 Å². The molecule has 2 N–H and O–H groups in total. The Morgan fingerprint density at radius 3 is 2.67 bits per heavy atom. The average molecular weight is 267 g/mol. The van der Waals surface area contributed by atoms with Crippen LogP contribution in [0.5, 0.6) is 0 Å². The number of rotatable bonds is 5. The van der Waals surface area contributed by atoms with Crippen molar-refractivity contribution in [1.29, 1.82) is 0 Å². The van der Waals surface area contributed by atoms with Crippen LogP contribution in [0, 0.1) is 5.41 Å². The molecule has 1 fully saturated rings. The number of nitrogens with zero attached hydrogens (tertiary/aromatic N) is 1. The van der Waals surface area contributed by atoms with Crippen LogP contribution in [0.4, 0.5) is 0 Å². The molecular weight excluding hydrogens is 244 g/mol. The second-order valence-electron chi connectivity index (χ2n) is 5.70. The van der Waals surface area contributed by atoms with E-state index < -0.39 is 0 Å². The van der Waals surface area contributed by atoms with Crippen molar-refractivity contribution in [2.24, 2.45) is 11.1 Å². The van der Waals surface area contributed by atoms with Gasteiger partial charge in [0.1, 0.15) is 0 Å². The van der Waals surface area contributed by atoms with Gasteiger partial charge in [0.15, 0.2) is 0 Å². The molecule has 0 amide bonds. The lowest BCUT2D eigenvalue weighted by molar-refractivity contribution is 0.0704. The van der Waals surface area contributed by atoms with Gasteiger partial charge in [0, 0.05) is 17.6 Å². The summed E-state index contributed by atoms with van der Waals surface area (Å²) in [6, 6.07) is 8.52. The van der Waals surface area contributed by atoms with Crippen molar-refractivity contribution in [2.75, 3.05) is 20.1 Å². The summed E-state index contributed by atoms with van der Waals surface area (Å²) in [5.74, 6) is 0. The van der Waals surface area contributed by atoms with Gasteiger partial charge in [-0.1, -0.05) is 30.2 Å². The zero-order valence-electron chi connectivity index (χ0n) is 11.3. The van der Waals surface area contributed by atoms with Crippen molar-refractivity contribution in [1.82, 2.24) is 4.90 Å². The first-order valence-electron chi connectivity index (χ1n) is 6.72. The lowest BCUT2D eigenvalue weighted by Crippen LogP contribution is -2.46. The van der Waals surface area contributed by atoms with E-state index in [4.69, 9.17) is 17.3 Å². The molecule has 1 atom stereocenters. The molecule has 3 heteroatoms. The van der Waals surface area contributed by atoms with Gasteiger partial charge in [-0.2, -0.15) is 0 Å². The molecule has 1 aromatic carbocycles. The lowest BCUT2D eigenvalue weighted by Gasteiger charge is -2.45. The highest BCUT2D eigenvalue weighted by Gasteiger charge is 2.37. The SMILES string of the molecule is CC(c1cccc(Cl)c1)N(C)CC1(CN)CCC1. The quantitative estimate of drug-likeness (QED) is 0.884. The Balaban J connectivity index is 2.02. The van der Waals surface area contributed by atoms with Crippen LogP contribution >= 0.6 is 11.6 Å². The predicted molar refractivity (Wildman–Crippen MR) is 77.8 cm³/mol. The van der Waals surface area contributed by atoms with Crippen LogP contribution in [0.3, 0.4) is 0 Å². The second kappa shape index (κ2) is 5.60. The Bertz CT molecular complexity index is 396. The average Bonchev–Trinajstić information content (AvgIpc) is 2.32. The van der Waals surface area contributed by atoms with Gasteiger partial charge in [0.25, 0.3) is 0 Å². The first kappa shape index (κ1) is 13.9. The molecule has 100 valence electrons. The summed E-state index contributed by atoms with van der Waals surface area (Å²) < 4.78 is 0. The number of hydrogen-bond acceptors (Lipinski definition) is 2. The van der Waals surface area contributed by atoms with Crippen molar-refractivity contribution in [2.45, 2.75) is 32.2 Å². The van der Waals surface area contributed by atoms with E-state index >= 15 is 0 Å². The Morgan fingerprint density at radius 1 is 1.44 bits per heavy atom. The lowest BCUT2D eigenvalue weighted by atomic mass is 9.68. The highest BCUT2D eigenvalue weighted by atomic mass is 35.5. The summed E-state index contributed by atoms with van der Waals surface area (Å²) in [7, 11) is 2.18. The summed E-state index contributed by atoms with van der Waals surface area (Å²) in [5, 5.41) is 0.810. The molecule has 1 saturated carbocycles. The molecule has 1 aromatic rings. The molecule has 0 heterocycles. The summed E-state index contributed by atoms with van der Waals surface area (Å²) >= 11 is 6.05. The van der Waals surface area contributed by atoms with Gasteiger partial charge in [-0.3, -0.25) is 4.90 Å². The monoisotopic (exact) mass is 266 g/mol. The Kier molecular flexibility index (Phi) is 4.31. The molecule has 0 radical (unpaired) electrons. The van der Waals surface area contributed by atoms with Crippen molar-refractivity contribution in [3.8, 4) is 0 Å². The molecule has 1 unspecified atom stereocenters. The van der Waals surface area contributed by atoms with E-state index in [0.717, 1.165) is 18.1 Å². The first-order valence-corrected chi connectivity index (χ1v) is 7.10. The number of halogens is 1. The Labute approximate surface area is 115 Å². The third kappa shape index (κ3) is 2.87. The number of hydrogen-bond donors (Lipinski definition) is 1. The molecule has 0 aliphatic heterocycles.